The van der Waals surface area contributed by atoms with Gasteiger partial charge in [0.05, 0.1) is 29.8 Å². The van der Waals surface area contributed by atoms with Gasteiger partial charge in [0, 0.05) is 36.7 Å². The topological polar surface area (TPSA) is 117 Å². The van der Waals surface area contributed by atoms with Crippen LogP contribution in [-0.2, 0) is 37.4 Å². The highest BCUT2D eigenvalue weighted by molar-refractivity contribution is 7.89. The molecule has 2 heterocycles. The first-order valence-corrected chi connectivity index (χ1v) is 21.3. The molecule has 10 heteroatoms. The van der Waals surface area contributed by atoms with Crippen molar-refractivity contribution in [1.29, 1.82) is 0 Å². The zero-order chi connectivity index (χ0) is 38.6. The van der Waals surface area contributed by atoms with Gasteiger partial charge in [0.1, 0.15) is 0 Å². The molecule has 2 aliphatic heterocycles. The minimum Gasteiger partial charge on any atom is -0.392 e. The Kier molecular flexibility index (Phi) is 12.2. The van der Waals surface area contributed by atoms with Gasteiger partial charge in [-0.2, -0.15) is 0 Å². The Labute approximate surface area is 326 Å². The normalized spacial score (nSPS) is 24.9. The summed E-state index contributed by atoms with van der Waals surface area (Å²) in [5.41, 5.74) is 5.18. The molecule has 6 atom stereocenters. The van der Waals surface area contributed by atoms with E-state index < -0.39 is 16.3 Å². The molecule has 9 nitrogen and oxygen atoms in total. The number of aliphatic hydroxyl groups is 1. The summed E-state index contributed by atoms with van der Waals surface area (Å²) >= 11 is 0. The number of benzene rings is 4. The van der Waals surface area contributed by atoms with Gasteiger partial charge in [-0.25, -0.2) is 13.1 Å². The Balaban J connectivity index is 1.15. The molecule has 0 spiro atoms. The molecule has 0 aromatic heterocycles. The van der Waals surface area contributed by atoms with Crippen LogP contribution in [0.25, 0.3) is 11.1 Å². The number of amides is 1. The van der Waals surface area contributed by atoms with Crippen LogP contribution in [0.2, 0.25) is 0 Å². The third kappa shape index (κ3) is 9.74. The smallest absolute Gasteiger partial charge is 0.240 e. The molecule has 4 aromatic rings. The van der Waals surface area contributed by atoms with E-state index in [1.54, 1.807) is 30.3 Å². The highest BCUT2D eigenvalue weighted by Gasteiger charge is 2.44. The third-order valence-corrected chi connectivity index (χ3v) is 12.7. The van der Waals surface area contributed by atoms with Crippen molar-refractivity contribution in [3.63, 3.8) is 0 Å². The largest absolute Gasteiger partial charge is 0.392 e. The molecule has 0 bridgehead atoms. The highest BCUT2D eigenvalue weighted by Crippen LogP contribution is 2.42. The Hall–Kier alpha value is -3.90. The molecule has 1 aliphatic carbocycles. The second-order valence-corrected chi connectivity index (χ2v) is 18.2. The predicted molar refractivity (Wildman–Crippen MR) is 214 cm³/mol. The molecule has 7 rings (SSSR count). The number of nitrogens with zero attached hydrogens (tertiary/aromatic N) is 1. The summed E-state index contributed by atoms with van der Waals surface area (Å²) in [6.45, 7) is 6.89. The van der Waals surface area contributed by atoms with Crippen molar-refractivity contribution in [2.75, 3.05) is 6.54 Å². The SMILES string of the molecule is CC(C)(C)NC(=O)[C@H]1CC[C@H]2CCCC[C@H]2N1C[C@H]1C[C@@H](c2ccc(CO)cc2)O[C@@H](c2cccc(-c3cccc(CNS(=O)(=O)c4ccccc4)c3)c2)O1. The standard InChI is InChI=1S/C45H55N3O6S/c1-45(2,3)47-43(50)41-24-23-33-12-7-8-18-40(33)48(41)29-38-27-42(34-21-19-31(30-49)20-22-34)54-44(53-38)37-15-10-14-36(26-37)35-13-9-11-32(25-35)28-46-55(51,52)39-16-5-4-6-17-39/h4-6,9-11,13-17,19-22,25-26,33,38,40-42,44,46,49H,7-8,12,18,23-24,27-30H2,1-3H3,(H,47,50)/t33-,38-,40-,41-,42+,44+/m1/s1. The van der Waals surface area contributed by atoms with Crippen LogP contribution in [0.15, 0.2) is 108 Å². The lowest BCUT2D eigenvalue weighted by atomic mass is 9.75. The van der Waals surface area contributed by atoms with Crippen LogP contribution in [-0.4, -0.2) is 54.6 Å². The Bertz CT molecular complexity index is 2020. The summed E-state index contributed by atoms with van der Waals surface area (Å²) in [5, 5.41) is 13.0. The lowest BCUT2D eigenvalue weighted by molar-refractivity contribution is -0.255. The summed E-state index contributed by atoms with van der Waals surface area (Å²) in [6, 6.07) is 32.5. The van der Waals surface area contributed by atoms with E-state index in [1.807, 2.05) is 87.5 Å². The molecule has 3 aliphatic rings. The van der Waals surface area contributed by atoms with E-state index in [0.717, 1.165) is 52.6 Å². The van der Waals surface area contributed by atoms with Crippen LogP contribution in [0.1, 0.15) is 100 Å². The van der Waals surface area contributed by atoms with E-state index >= 15 is 0 Å². The maximum Gasteiger partial charge on any atom is 0.240 e. The minimum atomic E-state index is -3.65. The zero-order valence-corrected chi connectivity index (χ0v) is 33.0. The second kappa shape index (κ2) is 17.1. The van der Waals surface area contributed by atoms with Crippen LogP contribution in [0.4, 0.5) is 0 Å². The molecular weight excluding hydrogens is 711 g/mol. The predicted octanol–water partition coefficient (Wildman–Crippen LogP) is 7.81. The first-order valence-electron chi connectivity index (χ1n) is 19.8. The zero-order valence-electron chi connectivity index (χ0n) is 32.2. The van der Waals surface area contributed by atoms with E-state index in [9.17, 15) is 18.3 Å². The molecular formula is C45H55N3O6S. The quantitative estimate of drug-likeness (QED) is 0.143. The lowest BCUT2D eigenvalue weighted by Crippen LogP contribution is -2.61. The average molecular weight is 766 g/mol. The number of carbonyl (C=O) groups is 1. The van der Waals surface area contributed by atoms with Crippen LogP contribution in [0, 0.1) is 5.92 Å². The van der Waals surface area contributed by atoms with Crippen molar-refractivity contribution < 1.29 is 27.8 Å². The van der Waals surface area contributed by atoms with E-state index in [0.29, 0.717) is 24.9 Å². The number of nitrogens with one attached hydrogen (secondary N) is 2. The molecule has 2 saturated heterocycles. The van der Waals surface area contributed by atoms with Crippen molar-refractivity contribution in [3.05, 3.63) is 125 Å². The van der Waals surface area contributed by atoms with Gasteiger partial charge in [-0.1, -0.05) is 91.7 Å². The Morgan fingerprint density at radius 2 is 1.53 bits per heavy atom. The van der Waals surface area contributed by atoms with Crippen molar-refractivity contribution in [1.82, 2.24) is 14.9 Å². The monoisotopic (exact) mass is 765 g/mol. The molecule has 1 amide bonds. The van der Waals surface area contributed by atoms with Crippen LogP contribution in [0.3, 0.4) is 0 Å². The number of aliphatic hydroxyl groups excluding tert-OH is 1. The van der Waals surface area contributed by atoms with Crippen LogP contribution >= 0.6 is 0 Å². The van der Waals surface area contributed by atoms with Gasteiger partial charge >= 0.3 is 0 Å². The first-order chi connectivity index (χ1) is 26.5. The summed E-state index contributed by atoms with van der Waals surface area (Å²) in [6.07, 6.45) is 6.17. The third-order valence-electron chi connectivity index (χ3n) is 11.3. The number of carbonyl (C=O) groups excluding carboxylic acids is 1. The van der Waals surface area contributed by atoms with Crippen molar-refractivity contribution in [3.8, 4) is 11.1 Å². The number of piperidine rings is 1. The van der Waals surface area contributed by atoms with Crippen molar-refractivity contribution in [2.45, 2.75) is 120 Å². The number of sulfonamides is 1. The Morgan fingerprint density at radius 1 is 0.800 bits per heavy atom. The van der Waals surface area contributed by atoms with Gasteiger partial charge in [0.15, 0.2) is 6.29 Å². The van der Waals surface area contributed by atoms with Crippen LogP contribution < -0.4 is 10.0 Å². The molecule has 4 aromatic carbocycles. The van der Waals surface area contributed by atoms with Gasteiger partial charge < -0.3 is 19.9 Å². The number of fused-ring (bicyclic) bond motifs is 1. The van der Waals surface area contributed by atoms with Crippen molar-refractivity contribution >= 4 is 15.9 Å². The number of ether oxygens (including phenoxy) is 2. The molecule has 3 fully saturated rings. The van der Waals surface area contributed by atoms with Crippen molar-refractivity contribution in [2.24, 2.45) is 5.92 Å². The number of hydrogen-bond donors (Lipinski definition) is 3. The fourth-order valence-corrected chi connectivity index (χ4v) is 9.62. The molecule has 292 valence electrons. The van der Waals surface area contributed by atoms with Gasteiger partial charge in [0.25, 0.3) is 0 Å². The molecule has 55 heavy (non-hydrogen) atoms. The van der Waals surface area contributed by atoms with E-state index in [-0.39, 0.29) is 47.7 Å². The number of hydrogen-bond acceptors (Lipinski definition) is 7. The lowest BCUT2D eigenvalue weighted by Gasteiger charge is -2.50. The summed E-state index contributed by atoms with van der Waals surface area (Å²) < 4.78 is 42.2. The van der Waals surface area contributed by atoms with Gasteiger partial charge in [-0.3, -0.25) is 9.69 Å². The van der Waals surface area contributed by atoms with E-state index in [2.05, 4.69) is 21.0 Å². The fraction of sp³-hybridized carbons (Fsp3) is 0.444. The second-order valence-electron chi connectivity index (χ2n) is 16.5. The average Bonchev–Trinajstić information content (AvgIpc) is 3.20. The maximum absolute atomic E-state index is 13.9. The fourth-order valence-electron chi connectivity index (χ4n) is 8.58. The van der Waals surface area contributed by atoms with E-state index in [1.165, 1.54) is 19.3 Å². The summed E-state index contributed by atoms with van der Waals surface area (Å²) in [4.78, 5) is 16.6. The minimum absolute atomic E-state index is 0.0252. The first kappa shape index (κ1) is 39.3. The summed E-state index contributed by atoms with van der Waals surface area (Å²) in [5.74, 6) is 0.685. The highest BCUT2D eigenvalue weighted by atomic mass is 32.2. The van der Waals surface area contributed by atoms with Gasteiger partial charge in [-0.15, -0.1) is 0 Å². The molecule has 0 radical (unpaired) electrons. The number of rotatable bonds is 11. The molecule has 3 N–H and O–H groups in total. The van der Waals surface area contributed by atoms with Crippen LogP contribution in [0.5, 0.6) is 0 Å². The summed E-state index contributed by atoms with van der Waals surface area (Å²) in [7, 11) is -3.65. The van der Waals surface area contributed by atoms with Gasteiger partial charge in [0.2, 0.25) is 15.9 Å². The Morgan fingerprint density at radius 3 is 2.27 bits per heavy atom. The van der Waals surface area contributed by atoms with E-state index in [4.69, 9.17) is 9.47 Å². The maximum atomic E-state index is 13.9. The molecule has 1 saturated carbocycles. The molecule has 0 unspecified atom stereocenters. The number of likely N-dealkylation sites (tertiary alicyclic amines) is 1. The van der Waals surface area contributed by atoms with Gasteiger partial charge in [-0.05, 0) is 104 Å².